The molecule has 0 bridgehead atoms. The topological polar surface area (TPSA) is 84.7 Å². The molecular formula is C26H27N3O3. The van der Waals surface area contributed by atoms with Crippen LogP contribution in [-0.2, 0) is 16.1 Å². The quantitative estimate of drug-likeness (QED) is 0.569. The van der Waals surface area contributed by atoms with Crippen LogP contribution in [0, 0.1) is 0 Å². The number of carbonyl (C=O) groups is 2. The van der Waals surface area contributed by atoms with E-state index in [-0.39, 0.29) is 17.9 Å². The van der Waals surface area contributed by atoms with E-state index in [1.165, 1.54) is 0 Å². The molecule has 0 saturated carbocycles. The first-order chi connectivity index (χ1) is 15.6. The van der Waals surface area contributed by atoms with Crippen LogP contribution in [-0.4, -0.2) is 29.3 Å². The van der Waals surface area contributed by atoms with E-state index in [1.807, 2.05) is 84.9 Å². The molecular weight excluding hydrogens is 402 g/mol. The molecule has 1 saturated heterocycles. The number of nitrogens with zero attached hydrogens (tertiary/aromatic N) is 1. The molecule has 0 spiro atoms. The van der Waals surface area contributed by atoms with Gasteiger partial charge in [-0.25, -0.2) is 0 Å². The molecule has 6 nitrogen and oxygen atoms in total. The average Bonchev–Trinajstić information content (AvgIpc) is 3.27. The summed E-state index contributed by atoms with van der Waals surface area (Å²) in [5.74, 6) is 0.0842. The lowest BCUT2D eigenvalue weighted by Crippen LogP contribution is -2.39. The number of amides is 2. The second kappa shape index (κ2) is 10.1. The van der Waals surface area contributed by atoms with Gasteiger partial charge in [-0.1, -0.05) is 60.7 Å². The number of hydrogen-bond donors (Lipinski definition) is 2. The molecule has 32 heavy (non-hydrogen) atoms. The zero-order chi connectivity index (χ0) is 22.3. The summed E-state index contributed by atoms with van der Waals surface area (Å²) in [5.41, 5.74) is 8.00. The first-order valence-corrected chi connectivity index (χ1v) is 10.8. The summed E-state index contributed by atoms with van der Waals surface area (Å²) in [5, 5.41) is 2.99. The molecule has 0 aromatic heterocycles. The highest BCUT2D eigenvalue weighted by molar-refractivity contribution is 5.95. The number of ether oxygens (including phenoxy) is 1. The minimum atomic E-state index is -0.792. The summed E-state index contributed by atoms with van der Waals surface area (Å²) < 4.78 is 6.04. The summed E-state index contributed by atoms with van der Waals surface area (Å²) in [4.78, 5) is 27.0. The molecule has 0 aliphatic carbocycles. The van der Waals surface area contributed by atoms with E-state index in [4.69, 9.17) is 10.5 Å². The Labute approximate surface area is 188 Å². The summed E-state index contributed by atoms with van der Waals surface area (Å²) >= 11 is 0. The van der Waals surface area contributed by atoms with Crippen molar-refractivity contribution in [3.05, 3.63) is 96.1 Å². The molecule has 2 unspecified atom stereocenters. The SMILES string of the molecule is NC(=O)C1CCCN1Cc1cccc(NC(=O)C(Oc2ccccc2)c2ccccc2)c1. The van der Waals surface area contributed by atoms with Crippen molar-refractivity contribution in [3.8, 4) is 5.75 Å². The van der Waals surface area contributed by atoms with Crippen LogP contribution < -0.4 is 15.8 Å². The van der Waals surface area contributed by atoms with Crippen molar-refractivity contribution in [2.45, 2.75) is 31.5 Å². The molecule has 2 atom stereocenters. The Bertz CT molecular complexity index is 1060. The van der Waals surface area contributed by atoms with Crippen molar-refractivity contribution in [1.82, 2.24) is 4.90 Å². The van der Waals surface area contributed by atoms with Gasteiger partial charge in [0, 0.05) is 17.8 Å². The van der Waals surface area contributed by atoms with Crippen LogP contribution in [0.1, 0.15) is 30.1 Å². The highest BCUT2D eigenvalue weighted by Gasteiger charge is 2.29. The van der Waals surface area contributed by atoms with Gasteiger partial charge in [0.1, 0.15) is 5.75 Å². The van der Waals surface area contributed by atoms with Gasteiger partial charge < -0.3 is 15.8 Å². The largest absolute Gasteiger partial charge is 0.476 e. The van der Waals surface area contributed by atoms with E-state index in [0.29, 0.717) is 18.0 Å². The maximum Gasteiger partial charge on any atom is 0.270 e. The molecule has 1 aliphatic rings. The first-order valence-electron chi connectivity index (χ1n) is 10.8. The highest BCUT2D eigenvalue weighted by Crippen LogP contribution is 2.25. The number of rotatable bonds is 8. The van der Waals surface area contributed by atoms with Gasteiger partial charge in [-0.2, -0.15) is 0 Å². The third-order valence-electron chi connectivity index (χ3n) is 5.61. The Hall–Kier alpha value is -3.64. The van der Waals surface area contributed by atoms with E-state index in [0.717, 1.165) is 30.5 Å². The van der Waals surface area contributed by atoms with E-state index >= 15 is 0 Å². The fourth-order valence-corrected chi connectivity index (χ4v) is 4.06. The number of likely N-dealkylation sites (tertiary alicyclic amines) is 1. The number of hydrogen-bond acceptors (Lipinski definition) is 4. The molecule has 3 aromatic carbocycles. The second-order valence-electron chi connectivity index (χ2n) is 7.94. The molecule has 1 fully saturated rings. The maximum atomic E-state index is 13.2. The van der Waals surface area contributed by atoms with E-state index in [9.17, 15) is 9.59 Å². The fraction of sp³-hybridized carbons (Fsp3) is 0.231. The fourth-order valence-electron chi connectivity index (χ4n) is 4.06. The Morgan fingerprint density at radius 3 is 2.44 bits per heavy atom. The van der Waals surface area contributed by atoms with Crippen molar-refractivity contribution in [2.75, 3.05) is 11.9 Å². The van der Waals surface area contributed by atoms with Gasteiger partial charge in [0.15, 0.2) is 0 Å². The summed E-state index contributed by atoms with van der Waals surface area (Å²) in [6.07, 6.45) is 0.959. The summed E-state index contributed by atoms with van der Waals surface area (Å²) in [7, 11) is 0. The predicted molar refractivity (Wildman–Crippen MR) is 124 cm³/mol. The summed E-state index contributed by atoms with van der Waals surface area (Å²) in [6, 6.07) is 26.2. The van der Waals surface area contributed by atoms with E-state index in [2.05, 4.69) is 10.2 Å². The van der Waals surface area contributed by atoms with Crippen LogP contribution in [0.3, 0.4) is 0 Å². The molecule has 2 amide bonds. The van der Waals surface area contributed by atoms with Gasteiger partial charge in [-0.3, -0.25) is 14.5 Å². The smallest absolute Gasteiger partial charge is 0.270 e. The van der Waals surface area contributed by atoms with Crippen LogP contribution >= 0.6 is 0 Å². The van der Waals surface area contributed by atoms with Crippen molar-refractivity contribution in [1.29, 1.82) is 0 Å². The number of para-hydroxylation sites is 1. The summed E-state index contributed by atoms with van der Waals surface area (Å²) in [6.45, 7) is 1.45. The van der Waals surface area contributed by atoms with Gasteiger partial charge in [0.2, 0.25) is 12.0 Å². The molecule has 3 aromatic rings. The van der Waals surface area contributed by atoms with Crippen LogP contribution in [0.15, 0.2) is 84.9 Å². The number of benzene rings is 3. The molecule has 1 heterocycles. The predicted octanol–water partition coefficient (Wildman–Crippen LogP) is 3.90. The minimum absolute atomic E-state index is 0.227. The normalized spacial score (nSPS) is 16.9. The molecule has 0 radical (unpaired) electrons. The van der Waals surface area contributed by atoms with Crippen molar-refractivity contribution in [3.63, 3.8) is 0 Å². The number of carbonyl (C=O) groups excluding carboxylic acids is 2. The van der Waals surface area contributed by atoms with E-state index in [1.54, 1.807) is 0 Å². The highest BCUT2D eigenvalue weighted by atomic mass is 16.5. The van der Waals surface area contributed by atoms with Crippen LogP contribution in [0.5, 0.6) is 5.75 Å². The van der Waals surface area contributed by atoms with Gasteiger partial charge in [0.25, 0.3) is 5.91 Å². The average molecular weight is 430 g/mol. The molecule has 164 valence electrons. The molecule has 6 heteroatoms. The Balaban J connectivity index is 1.49. The van der Waals surface area contributed by atoms with Gasteiger partial charge >= 0.3 is 0 Å². The number of nitrogens with two attached hydrogens (primary N) is 1. The Morgan fingerprint density at radius 1 is 1.00 bits per heavy atom. The molecule has 1 aliphatic heterocycles. The van der Waals surface area contributed by atoms with E-state index < -0.39 is 6.10 Å². The second-order valence-corrected chi connectivity index (χ2v) is 7.94. The zero-order valence-electron chi connectivity index (χ0n) is 17.8. The van der Waals surface area contributed by atoms with Gasteiger partial charge in [0.05, 0.1) is 6.04 Å². The van der Waals surface area contributed by atoms with Crippen molar-refractivity contribution in [2.24, 2.45) is 5.73 Å². The third kappa shape index (κ3) is 5.34. The van der Waals surface area contributed by atoms with Gasteiger partial charge in [-0.15, -0.1) is 0 Å². The molecule has 3 N–H and O–H groups in total. The van der Waals surface area contributed by atoms with Crippen molar-refractivity contribution < 1.29 is 14.3 Å². The Kier molecular flexibility index (Phi) is 6.82. The number of nitrogens with one attached hydrogen (secondary N) is 1. The van der Waals surface area contributed by atoms with Crippen LogP contribution in [0.2, 0.25) is 0 Å². The molecule has 4 rings (SSSR count). The third-order valence-corrected chi connectivity index (χ3v) is 5.61. The standard InChI is InChI=1S/C26H27N3O3/c27-25(30)23-15-8-16-29(23)18-19-9-7-12-21(17-19)28-26(31)24(20-10-3-1-4-11-20)32-22-13-5-2-6-14-22/h1-7,9-14,17,23-24H,8,15-16,18H2,(H2,27,30)(H,28,31). The lowest BCUT2D eigenvalue weighted by molar-refractivity contribution is -0.123. The minimum Gasteiger partial charge on any atom is -0.476 e. The lowest BCUT2D eigenvalue weighted by Gasteiger charge is -2.22. The first kappa shape index (κ1) is 21.6. The monoisotopic (exact) mass is 429 g/mol. The zero-order valence-corrected chi connectivity index (χ0v) is 17.8. The van der Waals surface area contributed by atoms with Crippen molar-refractivity contribution >= 4 is 17.5 Å². The lowest BCUT2D eigenvalue weighted by atomic mass is 10.1. The van der Waals surface area contributed by atoms with Gasteiger partial charge in [-0.05, 0) is 49.2 Å². The Morgan fingerprint density at radius 2 is 1.72 bits per heavy atom. The maximum absolute atomic E-state index is 13.2. The van der Waals surface area contributed by atoms with Crippen LogP contribution in [0.4, 0.5) is 5.69 Å². The number of primary amides is 1. The number of anilines is 1. The van der Waals surface area contributed by atoms with Crippen LogP contribution in [0.25, 0.3) is 0 Å².